The van der Waals surface area contributed by atoms with Crippen LogP contribution in [0.3, 0.4) is 0 Å². The summed E-state index contributed by atoms with van der Waals surface area (Å²) in [6.07, 6.45) is 1.58. The summed E-state index contributed by atoms with van der Waals surface area (Å²) >= 11 is 0. The van der Waals surface area contributed by atoms with Crippen LogP contribution in [-0.4, -0.2) is 13.0 Å². The smallest absolute Gasteiger partial charge is 0.266 e. The number of rotatable bonds is 4. The summed E-state index contributed by atoms with van der Waals surface area (Å²) in [4.78, 5) is 12.7. The van der Waals surface area contributed by atoms with Gasteiger partial charge in [0.15, 0.2) is 0 Å². The van der Waals surface area contributed by atoms with Crippen LogP contribution in [0.2, 0.25) is 0 Å². The molecule has 0 saturated heterocycles. The van der Waals surface area contributed by atoms with Crippen LogP contribution in [0.15, 0.2) is 60.2 Å². The number of anilines is 1. The van der Waals surface area contributed by atoms with Gasteiger partial charge in [-0.2, -0.15) is 5.26 Å². The topological polar surface area (TPSA) is 62.1 Å². The number of methoxy groups -OCH3 is 1. The Morgan fingerprint density at radius 3 is 2.63 bits per heavy atom. The number of benzene rings is 3. The number of hydrogen-bond acceptors (Lipinski definition) is 3. The molecule has 0 saturated carbocycles. The van der Waals surface area contributed by atoms with Crippen LogP contribution in [0.1, 0.15) is 16.7 Å². The minimum Gasteiger partial charge on any atom is -0.496 e. The molecular formula is C23H20N2O2. The third kappa shape index (κ3) is 3.83. The first-order valence-electron chi connectivity index (χ1n) is 8.59. The number of hydrogen-bond donors (Lipinski definition) is 1. The fraction of sp³-hybridized carbons (Fsp3) is 0.130. The Bertz CT molecular complexity index is 1090. The van der Waals surface area contributed by atoms with Crippen LogP contribution in [0.25, 0.3) is 16.8 Å². The fourth-order valence-electron chi connectivity index (χ4n) is 2.96. The van der Waals surface area contributed by atoms with Gasteiger partial charge in [0.2, 0.25) is 0 Å². The predicted molar refractivity (Wildman–Crippen MR) is 109 cm³/mol. The first-order valence-corrected chi connectivity index (χ1v) is 8.59. The predicted octanol–water partition coefficient (Wildman–Crippen LogP) is 5.01. The van der Waals surface area contributed by atoms with Crippen molar-refractivity contribution in [3.63, 3.8) is 0 Å². The maximum absolute atomic E-state index is 12.7. The van der Waals surface area contributed by atoms with Crippen LogP contribution >= 0.6 is 0 Å². The lowest BCUT2D eigenvalue weighted by molar-refractivity contribution is -0.112. The molecule has 0 spiro atoms. The SMILES string of the molecule is COc1ccc2ccccc2c1/C=C(\C#N)C(=O)Nc1cc(C)ccc1C. The number of fused-ring (bicyclic) bond motifs is 1. The number of ether oxygens (including phenoxy) is 1. The van der Waals surface area contributed by atoms with Gasteiger partial charge >= 0.3 is 0 Å². The first-order chi connectivity index (χ1) is 13.0. The molecule has 0 aliphatic heterocycles. The summed E-state index contributed by atoms with van der Waals surface area (Å²) in [6.45, 7) is 3.87. The molecule has 0 atom stereocenters. The molecule has 0 aliphatic rings. The molecule has 4 heteroatoms. The highest BCUT2D eigenvalue weighted by molar-refractivity contribution is 6.11. The van der Waals surface area contributed by atoms with E-state index in [1.807, 2.05) is 74.5 Å². The lowest BCUT2D eigenvalue weighted by Crippen LogP contribution is -2.14. The van der Waals surface area contributed by atoms with Gasteiger partial charge in [0.25, 0.3) is 5.91 Å². The average molecular weight is 356 g/mol. The van der Waals surface area contributed by atoms with Crippen molar-refractivity contribution < 1.29 is 9.53 Å². The van der Waals surface area contributed by atoms with Crippen molar-refractivity contribution in [3.8, 4) is 11.8 Å². The molecule has 3 aromatic carbocycles. The average Bonchev–Trinajstić information content (AvgIpc) is 2.68. The number of nitriles is 1. The molecular weight excluding hydrogens is 336 g/mol. The van der Waals surface area contributed by atoms with Crippen LogP contribution in [0.5, 0.6) is 5.75 Å². The highest BCUT2D eigenvalue weighted by atomic mass is 16.5. The van der Waals surface area contributed by atoms with E-state index in [2.05, 4.69) is 5.32 Å². The van der Waals surface area contributed by atoms with Gasteiger partial charge in [-0.15, -0.1) is 0 Å². The normalized spacial score (nSPS) is 11.1. The van der Waals surface area contributed by atoms with E-state index in [4.69, 9.17) is 4.74 Å². The van der Waals surface area contributed by atoms with E-state index in [1.54, 1.807) is 13.2 Å². The molecule has 0 unspecified atom stereocenters. The van der Waals surface area contributed by atoms with E-state index in [0.29, 0.717) is 17.0 Å². The molecule has 3 rings (SSSR count). The molecule has 0 aliphatic carbocycles. The highest BCUT2D eigenvalue weighted by Gasteiger charge is 2.14. The van der Waals surface area contributed by atoms with Gasteiger partial charge in [-0.25, -0.2) is 0 Å². The Kier molecular flexibility index (Phi) is 5.23. The lowest BCUT2D eigenvalue weighted by Gasteiger charge is -2.11. The fourth-order valence-corrected chi connectivity index (χ4v) is 2.96. The number of aryl methyl sites for hydroxylation is 2. The molecule has 0 heterocycles. The maximum atomic E-state index is 12.7. The van der Waals surface area contributed by atoms with E-state index in [-0.39, 0.29) is 5.57 Å². The second-order valence-corrected chi connectivity index (χ2v) is 6.34. The molecule has 3 aromatic rings. The summed E-state index contributed by atoms with van der Waals surface area (Å²) in [5.74, 6) is 0.169. The Labute approximate surface area is 158 Å². The Morgan fingerprint density at radius 1 is 1.11 bits per heavy atom. The molecule has 134 valence electrons. The molecule has 1 amide bonds. The van der Waals surface area contributed by atoms with E-state index in [0.717, 1.165) is 21.9 Å². The molecule has 0 radical (unpaired) electrons. The molecule has 0 bridgehead atoms. The van der Waals surface area contributed by atoms with Gasteiger partial charge in [-0.3, -0.25) is 4.79 Å². The van der Waals surface area contributed by atoms with Gasteiger partial charge in [-0.05, 0) is 54.0 Å². The van der Waals surface area contributed by atoms with Crippen molar-refractivity contribution in [1.82, 2.24) is 0 Å². The largest absolute Gasteiger partial charge is 0.496 e. The van der Waals surface area contributed by atoms with Gasteiger partial charge in [-0.1, -0.05) is 42.5 Å². The van der Waals surface area contributed by atoms with Crippen LogP contribution in [-0.2, 0) is 4.79 Å². The minimum atomic E-state index is -0.443. The standard InChI is InChI=1S/C23H20N2O2/c1-15-8-9-16(2)21(12-15)25-23(26)18(14-24)13-20-19-7-5-4-6-17(19)10-11-22(20)27-3/h4-13H,1-3H3,(H,25,26)/b18-13+. The van der Waals surface area contributed by atoms with Gasteiger partial charge < -0.3 is 10.1 Å². The van der Waals surface area contributed by atoms with Gasteiger partial charge in [0.1, 0.15) is 17.4 Å². The van der Waals surface area contributed by atoms with Crippen LogP contribution < -0.4 is 10.1 Å². The quantitative estimate of drug-likeness (QED) is 0.528. The van der Waals surface area contributed by atoms with Gasteiger partial charge in [0.05, 0.1) is 7.11 Å². The lowest BCUT2D eigenvalue weighted by atomic mass is 10.0. The Balaban J connectivity index is 2.04. The highest BCUT2D eigenvalue weighted by Crippen LogP contribution is 2.30. The summed E-state index contributed by atoms with van der Waals surface area (Å²) in [5, 5.41) is 14.3. The summed E-state index contributed by atoms with van der Waals surface area (Å²) in [6, 6.07) is 19.4. The molecule has 0 fully saturated rings. The Morgan fingerprint density at radius 2 is 1.89 bits per heavy atom. The van der Waals surface area contributed by atoms with Crippen LogP contribution in [0, 0.1) is 25.2 Å². The van der Waals surface area contributed by atoms with Crippen molar-refractivity contribution in [2.24, 2.45) is 0 Å². The number of nitrogens with zero attached hydrogens (tertiary/aromatic N) is 1. The molecule has 0 aromatic heterocycles. The molecule has 27 heavy (non-hydrogen) atoms. The summed E-state index contributed by atoms with van der Waals surface area (Å²) in [5.41, 5.74) is 3.41. The summed E-state index contributed by atoms with van der Waals surface area (Å²) < 4.78 is 5.45. The third-order valence-electron chi connectivity index (χ3n) is 4.45. The zero-order valence-electron chi connectivity index (χ0n) is 15.5. The third-order valence-corrected chi connectivity index (χ3v) is 4.45. The van der Waals surface area contributed by atoms with Crippen molar-refractivity contribution in [3.05, 3.63) is 76.9 Å². The monoisotopic (exact) mass is 356 g/mol. The van der Waals surface area contributed by atoms with Crippen molar-refractivity contribution >= 4 is 28.4 Å². The van der Waals surface area contributed by atoms with Crippen molar-refractivity contribution in [1.29, 1.82) is 5.26 Å². The first kappa shape index (κ1) is 18.2. The maximum Gasteiger partial charge on any atom is 0.266 e. The van der Waals surface area contributed by atoms with Gasteiger partial charge in [0, 0.05) is 11.3 Å². The van der Waals surface area contributed by atoms with Crippen molar-refractivity contribution in [2.45, 2.75) is 13.8 Å². The van der Waals surface area contributed by atoms with E-state index in [1.165, 1.54) is 0 Å². The summed E-state index contributed by atoms with van der Waals surface area (Å²) in [7, 11) is 1.57. The Hall–Kier alpha value is -3.58. The van der Waals surface area contributed by atoms with E-state index < -0.39 is 5.91 Å². The number of carbonyl (C=O) groups excluding carboxylic acids is 1. The van der Waals surface area contributed by atoms with E-state index >= 15 is 0 Å². The number of carbonyl (C=O) groups is 1. The number of nitrogens with one attached hydrogen (secondary N) is 1. The van der Waals surface area contributed by atoms with E-state index in [9.17, 15) is 10.1 Å². The zero-order chi connectivity index (χ0) is 19.4. The second-order valence-electron chi connectivity index (χ2n) is 6.34. The molecule has 1 N–H and O–H groups in total. The zero-order valence-corrected chi connectivity index (χ0v) is 15.5. The minimum absolute atomic E-state index is 0.0190. The van der Waals surface area contributed by atoms with Crippen molar-refractivity contribution in [2.75, 3.05) is 12.4 Å². The van der Waals surface area contributed by atoms with Crippen LogP contribution in [0.4, 0.5) is 5.69 Å². The second kappa shape index (κ2) is 7.76. The number of amides is 1. The molecule has 4 nitrogen and oxygen atoms in total.